The minimum absolute atomic E-state index is 0.0152. The van der Waals surface area contributed by atoms with Crippen LogP contribution in [0.5, 0.6) is 0 Å². The van der Waals surface area contributed by atoms with Crippen LogP contribution in [0.4, 0.5) is 38.1 Å². The summed E-state index contributed by atoms with van der Waals surface area (Å²) in [6.07, 6.45) is -2.74. The molecule has 1 aliphatic heterocycles. The minimum atomic E-state index is -4.72. The molecule has 0 saturated carbocycles. The highest BCUT2D eigenvalue weighted by Gasteiger charge is 2.35. The van der Waals surface area contributed by atoms with Gasteiger partial charge in [0.25, 0.3) is 0 Å². The SMILES string of the molecule is O=C(NCc1cc(C(F)(F)F)nn1-c1cccc(F)c1)Nc1ccc(N2CCCC2)c(F)c1. The van der Waals surface area contributed by atoms with Gasteiger partial charge in [0.15, 0.2) is 5.69 Å². The highest BCUT2D eigenvalue weighted by atomic mass is 19.4. The van der Waals surface area contributed by atoms with Gasteiger partial charge < -0.3 is 15.5 Å². The maximum atomic E-state index is 14.4. The molecule has 6 nitrogen and oxygen atoms in total. The highest BCUT2D eigenvalue weighted by Crippen LogP contribution is 2.30. The molecule has 0 atom stereocenters. The molecule has 174 valence electrons. The Bertz CT molecular complexity index is 1150. The third-order valence-corrected chi connectivity index (χ3v) is 5.21. The number of rotatable bonds is 5. The topological polar surface area (TPSA) is 62.2 Å². The Hall–Kier alpha value is -3.63. The summed E-state index contributed by atoms with van der Waals surface area (Å²) in [6, 6.07) is 9.25. The van der Waals surface area contributed by atoms with E-state index in [4.69, 9.17) is 0 Å². The number of benzene rings is 2. The molecule has 2 aromatic carbocycles. The molecule has 2 heterocycles. The first-order valence-electron chi connectivity index (χ1n) is 10.2. The van der Waals surface area contributed by atoms with E-state index in [1.807, 2.05) is 4.90 Å². The number of aromatic nitrogens is 2. The van der Waals surface area contributed by atoms with Crippen molar-refractivity contribution in [3.05, 3.63) is 71.6 Å². The largest absolute Gasteiger partial charge is 0.435 e. The number of alkyl halides is 3. The van der Waals surface area contributed by atoms with Crippen molar-refractivity contribution in [1.29, 1.82) is 0 Å². The maximum Gasteiger partial charge on any atom is 0.435 e. The molecule has 2 amide bonds. The molecule has 2 N–H and O–H groups in total. The molecule has 0 spiro atoms. The van der Waals surface area contributed by atoms with Crippen LogP contribution in [0.1, 0.15) is 24.2 Å². The van der Waals surface area contributed by atoms with Crippen molar-refractivity contribution in [1.82, 2.24) is 15.1 Å². The Labute approximate surface area is 186 Å². The van der Waals surface area contributed by atoms with Crippen molar-refractivity contribution in [2.24, 2.45) is 0 Å². The van der Waals surface area contributed by atoms with Crippen molar-refractivity contribution < 1.29 is 26.7 Å². The molecular formula is C22H20F5N5O. The van der Waals surface area contributed by atoms with Gasteiger partial charge in [-0.2, -0.15) is 18.3 Å². The highest BCUT2D eigenvalue weighted by molar-refractivity contribution is 5.89. The van der Waals surface area contributed by atoms with Crippen molar-refractivity contribution in [2.45, 2.75) is 25.6 Å². The van der Waals surface area contributed by atoms with E-state index in [0.717, 1.165) is 48.8 Å². The van der Waals surface area contributed by atoms with E-state index in [-0.39, 0.29) is 23.6 Å². The van der Waals surface area contributed by atoms with Gasteiger partial charge in [0.2, 0.25) is 0 Å². The molecule has 33 heavy (non-hydrogen) atoms. The van der Waals surface area contributed by atoms with Gasteiger partial charge in [0.1, 0.15) is 11.6 Å². The monoisotopic (exact) mass is 465 g/mol. The average molecular weight is 465 g/mol. The fourth-order valence-electron chi connectivity index (χ4n) is 3.66. The zero-order chi connectivity index (χ0) is 23.6. The predicted octanol–water partition coefficient (Wildman–Crippen LogP) is 5.09. The summed E-state index contributed by atoms with van der Waals surface area (Å²) >= 11 is 0. The molecular weight excluding hydrogens is 445 g/mol. The van der Waals surface area contributed by atoms with Gasteiger partial charge in [-0.05, 0) is 55.3 Å². The Kier molecular flexibility index (Phi) is 6.21. The quantitative estimate of drug-likeness (QED) is 0.516. The molecule has 0 aliphatic carbocycles. The molecule has 11 heteroatoms. The molecule has 4 rings (SSSR count). The number of nitrogens with zero attached hydrogens (tertiary/aromatic N) is 3. The van der Waals surface area contributed by atoms with Crippen molar-refractivity contribution in [3.8, 4) is 5.69 Å². The first kappa shape index (κ1) is 22.6. The molecule has 0 bridgehead atoms. The summed E-state index contributed by atoms with van der Waals surface area (Å²) < 4.78 is 68.4. The lowest BCUT2D eigenvalue weighted by molar-refractivity contribution is -0.141. The van der Waals surface area contributed by atoms with E-state index in [1.165, 1.54) is 18.2 Å². The van der Waals surface area contributed by atoms with Gasteiger partial charge in [-0.3, -0.25) is 0 Å². The smallest absolute Gasteiger partial charge is 0.369 e. The lowest BCUT2D eigenvalue weighted by Crippen LogP contribution is -2.29. The molecule has 1 saturated heterocycles. The number of nitrogens with one attached hydrogen (secondary N) is 2. The Morgan fingerprint density at radius 3 is 2.45 bits per heavy atom. The Balaban J connectivity index is 1.46. The van der Waals surface area contributed by atoms with Crippen LogP contribution < -0.4 is 15.5 Å². The first-order valence-corrected chi connectivity index (χ1v) is 10.2. The average Bonchev–Trinajstić information content (AvgIpc) is 3.42. The van der Waals surface area contributed by atoms with Crippen LogP contribution in [0, 0.1) is 11.6 Å². The number of hydrogen-bond donors (Lipinski definition) is 2. The molecule has 1 aliphatic rings. The van der Waals surface area contributed by atoms with Gasteiger partial charge in [0, 0.05) is 18.8 Å². The van der Waals surface area contributed by atoms with Crippen LogP contribution in [-0.4, -0.2) is 28.9 Å². The molecule has 1 aromatic heterocycles. The van der Waals surface area contributed by atoms with E-state index in [9.17, 15) is 26.7 Å². The lowest BCUT2D eigenvalue weighted by Gasteiger charge is -2.19. The van der Waals surface area contributed by atoms with E-state index in [0.29, 0.717) is 5.69 Å². The zero-order valence-corrected chi connectivity index (χ0v) is 17.3. The normalized spacial score (nSPS) is 13.9. The van der Waals surface area contributed by atoms with Crippen molar-refractivity contribution in [2.75, 3.05) is 23.3 Å². The van der Waals surface area contributed by atoms with Crippen LogP contribution in [-0.2, 0) is 12.7 Å². The van der Waals surface area contributed by atoms with Gasteiger partial charge >= 0.3 is 12.2 Å². The standard InChI is InChI=1S/C22H20F5N5O/c23-14-4-3-5-16(10-14)32-17(12-20(30-32)22(25,26)27)13-28-21(33)29-15-6-7-19(18(24)11-15)31-8-1-2-9-31/h3-7,10-12H,1-2,8-9,13H2,(H2,28,29,33). The van der Waals surface area contributed by atoms with E-state index < -0.39 is 29.5 Å². The number of halogens is 5. The summed E-state index contributed by atoms with van der Waals surface area (Å²) in [5.74, 6) is -1.12. The van der Waals surface area contributed by atoms with E-state index >= 15 is 0 Å². The number of anilines is 2. The van der Waals surface area contributed by atoms with Gasteiger partial charge in [-0.15, -0.1) is 0 Å². The van der Waals surface area contributed by atoms with Crippen LogP contribution in [0.3, 0.4) is 0 Å². The Morgan fingerprint density at radius 1 is 1.03 bits per heavy atom. The van der Waals surface area contributed by atoms with E-state index in [2.05, 4.69) is 15.7 Å². The lowest BCUT2D eigenvalue weighted by atomic mass is 10.2. The van der Waals surface area contributed by atoms with Crippen LogP contribution in [0.25, 0.3) is 5.69 Å². The predicted molar refractivity (Wildman–Crippen MR) is 112 cm³/mol. The summed E-state index contributed by atoms with van der Waals surface area (Å²) in [4.78, 5) is 14.2. The van der Waals surface area contributed by atoms with Crippen molar-refractivity contribution in [3.63, 3.8) is 0 Å². The first-order chi connectivity index (χ1) is 15.7. The molecule has 0 radical (unpaired) electrons. The summed E-state index contributed by atoms with van der Waals surface area (Å²) in [5, 5.41) is 8.39. The second-order valence-corrected chi connectivity index (χ2v) is 7.58. The minimum Gasteiger partial charge on any atom is -0.369 e. The van der Waals surface area contributed by atoms with E-state index in [1.54, 1.807) is 12.1 Å². The molecule has 3 aromatic rings. The fraction of sp³-hybridized carbons (Fsp3) is 0.273. The van der Waals surface area contributed by atoms with Crippen LogP contribution >= 0.6 is 0 Å². The maximum absolute atomic E-state index is 14.4. The number of carbonyl (C=O) groups is 1. The zero-order valence-electron chi connectivity index (χ0n) is 17.3. The fourth-order valence-corrected chi connectivity index (χ4v) is 3.66. The van der Waals surface area contributed by atoms with Gasteiger partial charge in [-0.1, -0.05) is 6.07 Å². The third kappa shape index (κ3) is 5.24. The van der Waals surface area contributed by atoms with Crippen LogP contribution in [0.2, 0.25) is 0 Å². The number of hydrogen-bond acceptors (Lipinski definition) is 3. The second-order valence-electron chi connectivity index (χ2n) is 7.58. The van der Waals surface area contributed by atoms with Crippen LogP contribution in [0.15, 0.2) is 48.5 Å². The Morgan fingerprint density at radius 2 is 1.79 bits per heavy atom. The van der Waals surface area contributed by atoms with Gasteiger partial charge in [0.05, 0.1) is 23.6 Å². The summed E-state index contributed by atoms with van der Waals surface area (Å²) in [6.45, 7) is 1.20. The van der Waals surface area contributed by atoms with Crippen molar-refractivity contribution >= 4 is 17.4 Å². The summed E-state index contributed by atoms with van der Waals surface area (Å²) in [7, 11) is 0. The third-order valence-electron chi connectivity index (χ3n) is 5.21. The number of urea groups is 1. The second kappa shape index (κ2) is 9.08. The summed E-state index contributed by atoms with van der Waals surface area (Å²) in [5.41, 5.74) is -0.468. The molecule has 1 fully saturated rings. The molecule has 0 unspecified atom stereocenters. The van der Waals surface area contributed by atoms with Gasteiger partial charge in [-0.25, -0.2) is 18.3 Å². The number of carbonyl (C=O) groups excluding carboxylic acids is 1. The number of amides is 2.